The SMILES string of the molecule is C=CCN(c1cc(C)ccc1C(=O)O)C1CC1. The van der Waals surface area contributed by atoms with Gasteiger partial charge in [0.1, 0.15) is 0 Å². The van der Waals surface area contributed by atoms with Gasteiger partial charge in [0, 0.05) is 12.6 Å². The molecule has 0 heterocycles. The molecular weight excluding hydrogens is 214 g/mol. The molecule has 0 saturated heterocycles. The third-order valence-corrected chi connectivity index (χ3v) is 3.01. The summed E-state index contributed by atoms with van der Waals surface area (Å²) in [5.41, 5.74) is 2.28. The first-order valence-corrected chi connectivity index (χ1v) is 5.85. The van der Waals surface area contributed by atoms with Crippen LogP contribution in [-0.4, -0.2) is 23.7 Å². The Labute approximate surface area is 101 Å². The Morgan fingerprint density at radius 2 is 2.29 bits per heavy atom. The monoisotopic (exact) mass is 231 g/mol. The van der Waals surface area contributed by atoms with E-state index in [1.807, 2.05) is 25.1 Å². The van der Waals surface area contributed by atoms with Gasteiger partial charge in [0.25, 0.3) is 0 Å². The smallest absolute Gasteiger partial charge is 0.337 e. The molecule has 3 heteroatoms. The van der Waals surface area contributed by atoms with Crippen LogP contribution in [0.5, 0.6) is 0 Å². The fraction of sp³-hybridized carbons (Fsp3) is 0.357. The summed E-state index contributed by atoms with van der Waals surface area (Å²) in [4.78, 5) is 13.4. The van der Waals surface area contributed by atoms with Gasteiger partial charge in [0.05, 0.1) is 11.3 Å². The van der Waals surface area contributed by atoms with E-state index in [9.17, 15) is 9.90 Å². The molecule has 0 spiro atoms. The maximum absolute atomic E-state index is 11.2. The number of hydrogen-bond donors (Lipinski definition) is 1. The lowest BCUT2D eigenvalue weighted by atomic mass is 10.1. The highest BCUT2D eigenvalue weighted by Crippen LogP contribution is 2.34. The predicted molar refractivity (Wildman–Crippen MR) is 68.7 cm³/mol. The van der Waals surface area contributed by atoms with Gasteiger partial charge in [-0.25, -0.2) is 4.79 Å². The number of hydrogen-bond acceptors (Lipinski definition) is 2. The Kier molecular flexibility index (Phi) is 3.18. The summed E-state index contributed by atoms with van der Waals surface area (Å²) in [6.45, 7) is 6.43. The third-order valence-electron chi connectivity index (χ3n) is 3.01. The molecule has 1 fully saturated rings. The van der Waals surface area contributed by atoms with Crippen molar-refractivity contribution in [3.63, 3.8) is 0 Å². The fourth-order valence-electron chi connectivity index (χ4n) is 2.03. The molecule has 0 radical (unpaired) electrons. The van der Waals surface area contributed by atoms with Crippen molar-refractivity contribution in [2.45, 2.75) is 25.8 Å². The van der Waals surface area contributed by atoms with E-state index in [2.05, 4.69) is 11.5 Å². The molecule has 1 aliphatic rings. The molecular formula is C14H17NO2. The molecule has 1 aromatic rings. The third kappa shape index (κ3) is 2.49. The van der Waals surface area contributed by atoms with E-state index in [0.717, 1.165) is 24.1 Å². The van der Waals surface area contributed by atoms with Gasteiger partial charge < -0.3 is 10.0 Å². The number of carboxylic acid groups (broad SMARTS) is 1. The number of nitrogens with zero attached hydrogens (tertiary/aromatic N) is 1. The van der Waals surface area contributed by atoms with E-state index in [1.54, 1.807) is 6.07 Å². The van der Waals surface area contributed by atoms with Crippen LogP contribution < -0.4 is 4.90 Å². The lowest BCUT2D eigenvalue weighted by Crippen LogP contribution is -2.27. The average Bonchev–Trinajstić information content (AvgIpc) is 3.09. The molecule has 0 aromatic heterocycles. The molecule has 1 aliphatic carbocycles. The summed E-state index contributed by atoms with van der Waals surface area (Å²) >= 11 is 0. The van der Waals surface area contributed by atoms with E-state index < -0.39 is 5.97 Å². The zero-order chi connectivity index (χ0) is 12.4. The van der Waals surface area contributed by atoms with Crippen molar-refractivity contribution in [2.24, 2.45) is 0 Å². The van der Waals surface area contributed by atoms with Crippen molar-refractivity contribution in [2.75, 3.05) is 11.4 Å². The summed E-state index contributed by atoms with van der Waals surface area (Å²) in [5.74, 6) is -0.866. The first-order valence-electron chi connectivity index (χ1n) is 5.85. The lowest BCUT2D eigenvalue weighted by molar-refractivity contribution is 0.0697. The number of rotatable bonds is 5. The number of carbonyl (C=O) groups is 1. The molecule has 2 rings (SSSR count). The Hall–Kier alpha value is -1.77. The standard InChI is InChI=1S/C14H17NO2/c1-3-8-15(11-5-6-11)13-9-10(2)4-7-12(13)14(16)17/h3-4,7,9,11H,1,5-6,8H2,2H3,(H,16,17). The Morgan fingerprint density at radius 1 is 1.59 bits per heavy atom. The molecule has 1 saturated carbocycles. The number of anilines is 1. The van der Waals surface area contributed by atoms with Crippen molar-refractivity contribution < 1.29 is 9.90 Å². The zero-order valence-corrected chi connectivity index (χ0v) is 10.0. The molecule has 1 N–H and O–H groups in total. The van der Waals surface area contributed by atoms with Crippen LogP contribution in [0.4, 0.5) is 5.69 Å². The van der Waals surface area contributed by atoms with Gasteiger partial charge in [-0.2, -0.15) is 0 Å². The Balaban J connectivity index is 2.42. The van der Waals surface area contributed by atoms with E-state index in [1.165, 1.54) is 0 Å². The van der Waals surface area contributed by atoms with Crippen LogP contribution in [0.2, 0.25) is 0 Å². The van der Waals surface area contributed by atoms with Crippen LogP contribution in [0.25, 0.3) is 0 Å². The van der Waals surface area contributed by atoms with E-state index in [0.29, 0.717) is 18.2 Å². The highest BCUT2D eigenvalue weighted by Gasteiger charge is 2.30. The van der Waals surface area contributed by atoms with Gasteiger partial charge >= 0.3 is 5.97 Å². The highest BCUT2D eigenvalue weighted by atomic mass is 16.4. The van der Waals surface area contributed by atoms with Crippen LogP contribution in [-0.2, 0) is 0 Å². The summed E-state index contributed by atoms with van der Waals surface area (Å²) in [6.07, 6.45) is 4.11. The maximum Gasteiger partial charge on any atom is 0.337 e. The molecule has 0 aliphatic heterocycles. The molecule has 90 valence electrons. The lowest BCUT2D eigenvalue weighted by Gasteiger charge is -2.25. The largest absolute Gasteiger partial charge is 0.478 e. The average molecular weight is 231 g/mol. The minimum absolute atomic E-state index is 0.379. The van der Waals surface area contributed by atoms with Gasteiger partial charge in [-0.15, -0.1) is 6.58 Å². The number of aromatic carboxylic acids is 1. The molecule has 17 heavy (non-hydrogen) atoms. The van der Waals surface area contributed by atoms with Gasteiger partial charge in [0.2, 0.25) is 0 Å². The highest BCUT2D eigenvalue weighted by molar-refractivity contribution is 5.94. The van der Waals surface area contributed by atoms with Crippen molar-refractivity contribution in [3.8, 4) is 0 Å². The summed E-state index contributed by atoms with van der Waals surface area (Å²) in [5, 5.41) is 9.22. The molecule has 0 atom stereocenters. The minimum atomic E-state index is -0.866. The van der Waals surface area contributed by atoms with E-state index >= 15 is 0 Å². The Bertz CT molecular complexity index is 450. The molecule has 1 aromatic carbocycles. The van der Waals surface area contributed by atoms with Crippen molar-refractivity contribution in [3.05, 3.63) is 42.0 Å². The molecule has 0 amide bonds. The second-order valence-corrected chi connectivity index (χ2v) is 4.50. The predicted octanol–water partition coefficient (Wildman–Crippen LogP) is 2.85. The molecule has 3 nitrogen and oxygen atoms in total. The van der Waals surface area contributed by atoms with E-state index in [-0.39, 0.29) is 0 Å². The normalized spacial score (nSPS) is 14.4. The summed E-state index contributed by atoms with van der Waals surface area (Å²) in [6, 6.07) is 5.95. The van der Waals surface area contributed by atoms with Crippen LogP contribution in [0.1, 0.15) is 28.8 Å². The second kappa shape index (κ2) is 4.62. The van der Waals surface area contributed by atoms with Gasteiger partial charge in [-0.3, -0.25) is 0 Å². The first kappa shape index (κ1) is 11.7. The minimum Gasteiger partial charge on any atom is -0.478 e. The summed E-state index contributed by atoms with van der Waals surface area (Å²) in [7, 11) is 0. The van der Waals surface area contributed by atoms with Crippen LogP contribution in [0.3, 0.4) is 0 Å². The van der Waals surface area contributed by atoms with Crippen molar-refractivity contribution >= 4 is 11.7 Å². The van der Waals surface area contributed by atoms with Gasteiger partial charge in [-0.1, -0.05) is 12.1 Å². The number of aryl methyl sites for hydroxylation is 1. The quantitative estimate of drug-likeness (QED) is 0.792. The van der Waals surface area contributed by atoms with Crippen LogP contribution in [0.15, 0.2) is 30.9 Å². The van der Waals surface area contributed by atoms with Crippen molar-refractivity contribution in [1.82, 2.24) is 0 Å². The second-order valence-electron chi connectivity index (χ2n) is 4.50. The number of benzene rings is 1. The van der Waals surface area contributed by atoms with Crippen molar-refractivity contribution in [1.29, 1.82) is 0 Å². The fourth-order valence-corrected chi connectivity index (χ4v) is 2.03. The molecule has 0 unspecified atom stereocenters. The zero-order valence-electron chi connectivity index (χ0n) is 10.0. The first-order chi connectivity index (χ1) is 8.13. The van der Waals surface area contributed by atoms with E-state index in [4.69, 9.17) is 0 Å². The van der Waals surface area contributed by atoms with Crippen LogP contribution in [0, 0.1) is 6.92 Å². The summed E-state index contributed by atoms with van der Waals surface area (Å²) < 4.78 is 0. The maximum atomic E-state index is 11.2. The van der Waals surface area contributed by atoms with Crippen LogP contribution >= 0.6 is 0 Å². The topological polar surface area (TPSA) is 40.5 Å². The number of carboxylic acids is 1. The Morgan fingerprint density at radius 3 is 2.82 bits per heavy atom. The van der Waals surface area contributed by atoms with Gasteiger partial charge in [-0.05, 0) is 37.5 Å². The van der Waals surface area contributed by atoms with Gasteiger partial charge in [0.15, 0.2) is 0 Å². The molecule has 0 bridgehead atoms.